The number of nitrogens with zero attached hydrogens (tertiary/aromatic N) is 2. The zero-order chi connectivity index (χ0) is 11.0. The first-order valence-electron chi connectivity index (χ1n) is 5.72. The Bertz CT molecular complexity index is 393. The molecule has 82 valence electrons. The molecule has 0 unspecified atom stereocenters. The number of aryl methyl sites for hydroxylation is 1. The molecule has 0 fully saturated rings. The summed E-state index contributed by atoms with van der Waals surface area (Å²) in [6, 6.07) is 0. The molecule has 1 heterocycles. The lowest BCUT2D eigenvalue weighted by molar-refractivity contribution is 0.0962. The minimum atomic E-state index is 0.227. The zero-order valence-electron chi connectivity index (χ0n) is 9.71. The summed E-state index contributed by atoms with van der Waals surface area (Å²) in [4.78, 5) is 16.3. The van der Waals surface area contributed by atoms with E-state index in [1.165, 1.54) is 0 Å². The molecule has 15 heavy (non-hydrogen) atoms. The molecule has 1 aromatic heterocycles. The number of rotatable bonds is 1. The van der Waals surface area contributed by atoms with Crippen LogP contribution in [-0.4, -0.2) is 15.3 Å². The predicted octanol–water partition coefficient (Wildman–Crippen LogP) is 2.37. The van der Waals surface area contributed by atoms with Crippen molar-refractivity contribution >= 4 is 5.78 Å². The minimum absolute atomic E-state index is 0.227. The molecule has 0 aliphatic heterocycles. The highest BCUT2D eigenvalue weighted by atomic mass is 16.1. The maximum Gasteiger partial charge on any atom is 0.183 e. The second-order valence-electron chi connectivity index (χ2n) is 4.47. The Labute approximate surface area is 90.5 Å². The predicted molar refractivity (Wildman–Crippen MR) is 59.1 cm³/mol. The molecular weight excluding hydrogens is 188 g/mol. The summed E-state index contributed by atoms with van der Waals surface area (Å²) in [5.74, 6) is 1.70. The quantitative estimate of drug-likeness (QED) is 0.661. The lowest BCUT2D eigenvalue weighted by atomic mass is 10.0. The summed E-state index contributed by atoms with van der Waals surface area (Å²) < 4.78 is 2.17. The van der Waals surface area contributed by atoms with Gasteiger partial charge in [-0.2, -0.15) is 0 Å². The molecule has 0 spiro atoms. The summed E-state index contributed by atoms with van der Waals surface area (Å²) in [5, 5.41) is 0. The van der Waals surface area contributed by atoms with Gasteiger partial charge in [-0.3, -0.25) is 4.79 Å². The first-order valence-corrected chi connectivity index (χ1v) is 5.72. The molecule has 0 amide bonds. The molecule has 1 aliphatic carbocycles. The Morgan fingerprint density at radius 2 is 2.27 bits per heavy atom. The molecule has 1 aromatic rings. The van der Waals surface area contributed by atoms with Crippen molar-refractivity contribution in [3.05, 3.63) is 17.2 Å². The van der Waals surface area contributed by atoms with Crippen LogP contribution in [0, 0.1) is 12.8 Å². The summed E-state index contributed by atoms with van der Waals surface area (Å²) in [6.07, 6.45) is 2.76. The number of Topliss-reactive ketones (excluding diaryl/α,β-unsaturated/α-hetero) is 1. The molecular formula is C12H18N2O. The number of imidazole rings is 1. The van der Waals surface area contributed by atoms with E-state index in [-0.39, 0.29) is 5.78 Å². The summed E-state index contributed by atoms with van der Waals surface area (Å²) in [7, 11) is 0. The Morgan fingerprint density at radius 3 is 2.93 bits per heavy atom. The highest BCUT2D eigenvalue weighted by Crippen LogP contribution is 2.24. The first-order chi connectivity index (χ1) is 7.13. The van der Waals surface area contributed by atoms with Gasteiger partial charge in [0.05, 0.1) is 0 Å². The molecule has 0 saturated heterocycles. The molecule has 3 nitrogen and oxygen atoms in total. The number of fused-ring (bicyclic) bond motifs is 1. The van der Waals surface area contributed by atoms with E-state index in [4.69, 9.17) is 0 Å². The van der Waals surface area contributed by atoms with Crippen molar-refractivity contribution in [2.45, 2.75) is 46.6 Å². The monoisotopic (exact) mass is 206 g/mol. The normalized spacial score (nSPS) is 21.3. The number of carbonyl (C=O) groups excluding carboxylic acids is 1. The summed E-state index contributed by atoms with van der Waals surface area (Å²) in [6.45, 7) is 7.14. The lowest BCUT2D eigenvalue weighted by Gasteiger charge is -2.07. The largest absolute Gasteiger partial charge is 0.332 e. The highest BCUT2D eigenvalue weighted by molar-refractivity contribution is 5.96. The fraction of sp³-hybridized carbons (Fsp3) is 0.667. The van der Waals surface area contributed by atoms with Gasteiger partial charge in [-0.25, -0.2) is 4.98 Å². The number of carbonyl (C=O) groups is 1. The molecule has 0 N–H and O–H groups in total. The lowest BCUT2D eigenvalue weighted by Crippen LogP contribution is -2.04. The van der Waals surface area contributed by atoms with Crippen molar-refractivity contribution in [1.82, 2.24) is 9.55 Å². The fourth-order valence-corrected chi connectivity index (χ4v) is 2.40. The average Bonchev–Trinajstić information content (AvgIpc) is 2.44. The Hall–Kier alpha value is -1.12. The maximum absolute atomic E-state index is 11.9. The molecule has 0 saturated carbocycles. The third-order valence-electron chi connectivity index (χ3n) is 3.25. The SMILES string of the molecule is CCn1c(C)nc2c1CC[C@H](C)CC2=O. The molecule has 0 bridgehead atoms. The number of hydrogen-bond donors (Lipinski definition) is 0. The van der Waals surface area contributed by atoms with Crippen molar-refractivity contribution in [3.63, 3.8) is 0 Å². The van der Waals surface area contributed by atoms with E-state index >= 15 is 0 Å². The number of hydrogen-bond acceptors (Lipinski definition) is 2. The van der Waals surface area contributed by atoms with Crippen LogP contribution in [0.1, 0.15) is 48.7 Å². The Morgan fingerprint density at radius 1 is 1.53 bits per heavy atom. The summed E-state index contributed by atoms with van der Waals surface area (Å²) in [5.41, 5.74) is 1.89. The van der Waals surface area contributed by atoms with E-state index in [9.17, 15) is 4.79 Å². The van der Waals surface area contributed by atoms with Crippen LogP contribution in [0.5, 0.6) is 0 Å². The second-order valence-corrected chi connectivity index (χ2v) is 4.47. The average molecular weight is 206 g/mol. The third-order valence-corrected chi connectivity index (χ3v) is 3.25. The van der Waals surface area contributed by atoms with Crippen molar-refractivity contribution in [3.8, 4) is 0 Å². The van der Waals surface area contributed by atoms with Gasteiger partial charge in [-0.15, -0.1) is 0 Å². The van der Waals surface area contributed by atoms with Gasteiger partial charge in [-0.1, -0.05) is 6.92 Å². The van der Waals surface area contributed by atoms with Gasteiger partial charge in [0, 0.05) is 18.7 Å². The Kier molecular flexibility index (Phi) is 2.63. The molecule has 0 radical (unpaired) electrons. The van der Waals surface area contributed by atoms with Crippen LogP contribution in [-0.2, 0) is 13.0 Å². The van der Waals surface area contributed by atoms with E-state index in [2.05, 4.69) is 23.4 Å². The first kappa shape index (κ1) is 10.4. The van der Waals surface area contributed by atoms with Gasteiger partial charge in [0.1, 0.15) is 11.5 Å². The molecule has 1 aliphatic rings. The Balaban J connectivity index is 2.47. The van der Waals surface area contributed by atoms with Gasteiger partial charge in [-0.05, 0) is 32.6 Å². The van der Waals surface area contributed by atoms with Gasteiger partial charge in [0.15, 0.2) is 5.78 Å². The molecule has 2 rings (SSSR count). The topological polar surface area (TPSA) is 34.9 Å². The van der Waals surface area contributed by atoms with Crippen molar-refractivity contribution in [1.29, 1.82) is 0 Å². The van der Waals surface area contributed by atoms with Crippen LogP contribution < -0.4 is 0 Å². The van der Waals surface area contributed by atoms with E-state index in [0.717, 1.165) is 36.6 Å². The molecule has 0 aromatic carbocycles. The summed E-state index contributed by atoms with van der Waals surface area (Å²) >= 11 is 0. The van der Waals surface area contributed by atoms with Gasteiger partial charge in [0.2, 0.25) is 0 Å². The molecule has 3 heteroatoms. The fourth-order valence-electron chi connectivity index (χ4n) is 2.40. The van der Waals surface area contributed by atoms with E-state index in [1.54, 1.807) is 0 Å². The van der Waals surface area contributed by atoms with E-state index in [1.807, 2.05) is 6.92 Å². The van der Waals surface area contributed by atoms with Crippen molar-refractivity contribution < 1.29 is 4.79 Å². The zero-order valence-corrected chi connectivity index (χ0v) is 9.71. The number of ketones is 1. The maximum atomic E-state index is 11.9. The second kappa shape index (κ2) is 3.80. The smallest absolute Gasteiger partial charge is 0.183 e. The third kappa shape index (κ3) is 1.71. The standard InChI is InChI=1S/C12H18N2O/c1-4-14-9(3)13-12-10(14)6-5-8(2)7-11(12)15/h8H,4-7H2,1-3H3/t8-/m0/s1. The van der Waals surface area contributed by atoms with Crippen LogP contribution >= 0.6 is 0 Å². The van der Waals surface area contributed by atoms with Crippen LogP contribution in [0.15, 0.2) is 0 Å². The van der Waals surface area contributed by atoms with Crippen molar-refractivity contribution in [2.75, 3.05) is 0 Å². The van der Waals surface area contributed by atoms with Crippen LogP contribution in [0.2, 0.25) is 0 Å². The van der Waals surface area contributed by atoms with E-state index < -0.39 is 0 Å². The number of aromatic nitrogens is 2. The van der Waals surface area contributed by atoms with Crippen molar-refractivity contribution in [2.24, 2.45) is 5.92 Å². The van der Waals surface area contributed by atoms with Gasteiger partial charge < -0.3 is 4.57 Å². The van der Waals surface area contributed by atoms with Gasteiger partial charge in [0.25, 0.3) is 0 Å². The highest BCUT2D eigenvalue weighted by Gasteiger charge is 2.25. The van der Waals surface area contributed by atoms with Crippen LogP contribution in [0.4, 0.5) is 0 Å². The molecule has 1 atom stereocenters. The van der Waals surface area contributed by atoms with Crippen LogP contribution in [0.3, 0.4) is 0 Å². The minimum Gasteiger partial charge on any atom is -0.332 e. The van der Waals surface area contributed by atoms with Crippen LogP contribution in [0.25, 0.3) is 0 Å². The van der Waals surface area contributed by atoms with Gasteiger partial charge >= 0.3 is 0 Å². The van der Waals surface area contributed by atoms with E-state index in [0.29, 0.717) is 12.3 Å².